The number of benzene rings is 3. The Morgan fingerprint density at radius 1 is 1.05 bits per heavy atom. The maximum atomic E-state index is 14.2. The molecule has 1 aromatic heterocycles. The van der Waals surface area contributed by atoms with Crippen LogP contribution in [-0.2, 0) is 29.5 Å². The average Bonchev–Trinajstić information content (AvgIpc) is 3.42. The molecule has 0 spiro atoms. The molecular weight excluding hydrogens is 506 g/mol. The molecule has 1 aliphatic rings. The maximum absolute atomic E-state index is 14.2. The van der Waals surface area contributed by atoms with Gasteiger partial charge >= 0.3 is 0 Å². The van der Waals surface area contributed by atoms with Crippen molar-refractivity contribution in [1.82, 2.24) is 14.3 Å². The summed E-state index contributed by atoms with van der Waals surface area (Å²) in [6.45, 7) is 5.07. The first-order valence-electron chi connectivity index (χ1n) is 13.0. The quantitative estimate of drug-likeness (QED) is 0.305. The van der Waals surface area contributed by atoms with Gasteiger partial charge in [-0.1, -0.05) is 67.3 Å². The number of hydrogen-bond donors (Lipinski definition) is 2. The van der Waals surface area contributed by atoms with Crippen LogP contribution in [0.5, 0.6) is 0 Å². The van der Waals surface area contributed by atoms with E-state index in [0.717, 1.165) is 35.3 Å². The third-order valence-electron chi connectivity index (χ3n) is 7.20. The fraction of sp³-hybridized carbons (Fsp3) is 0.194. The molecule has 39 heavy (non-hydrogen) atoms. The number of hydrogen-bond acceptors (Lipinski definition) is 5. The van der Waals surface area contributed by atoms with Gasteiger partial charge in [0.2, 0.25) is 10.0 Å². The first-order chi connectivity index (χ1) is 19.0. The highest BCUT2D eigenvalue weighted by atomic mass is 32.2. The standard InChI is InChI=1S/C31H33N5O2S/c1-2-25-13-15-30(18-26(25)16-17-32)39(37,38)35-20-27-10-6-7-11-31(27)36(21-28-19-33-23-34-28)29(22-35)14-12-24-8-4-3-5-9-24/h2-11,13,15-19,23,29H,1,12,14,20-22,32H2,(H,33,34)/b17-16-. The van der Waals surface area contributed by atoms with Crippen LogP contribution in [0.4, 0.5) is 5.69 Å². The Morgan fingerprint density at radius 2 is 1.85 bits per heavy atom. The molecule has 4 aromatic rings. The number of aromatic nitrogens is 2. The van der Waals surface area contributed by atoms with Crippen molar-refractivity contribution < 1.29 is 8.42 Å². The van der Waals surface area contributed by atoms with Gasteiger partial charge in [-0.25, -0.2) is 13.4 Å². The van der Waals surface area contributed by atoms with Crippen LogP contribution in [0, 0.1) is 0 Å². The molecule has 7 nitrogen and oxygen atoms in total. The van der Waals surface area contributed by atoms with Crippen LogP contribution in [-0.4, -0.2) is 35.3 Å². The van der Waals surface area contributed by atoms with E-state index in [4.69, 9.17) is 5.73 Å². The number of imidazole rings is 1. The van der Waals surface area contributed by atoms with Crippen molar-refractivity contribution in [1.29, 1.82) is 0 Å². The molecule has 5 rings (SSSR count). The van der Waals surface area contributed by atoms with Crippen molar-refractivity contribution >= 4 is 27.9 Å². The molecule has 0 bridgehead atoms. The van der Waals surface area contributed by atoms with Crippen LogP contribution in [0.25, 0.3) is 12.2 Å². The van der Waals surface area contributed by atoms with Crippen LogP contribution in [0.2, 0.25) is 0 Å². The number of rotatable bonds is 9. The van der Waals surface area contributed by atoms with Crippen LogP contribution >= 0.6 is 0 Å². The van der Waals surface area contributed by atoms with E-state index in [2.05, 4.69) is 39.6 Å². The van der Waals surface area contributed by atoms with Crippen molar-refractivity contribution in [2.45, 2.75) is 36.9 Å². The van der Waals surface area contributed by atoms with Crippen molar-refractivity contribution in [3.63, 3.8) is 0 Å². The van der Waals surface area contributed by atoms with E-state index < -0.39 is 10.0 Å². The molecule has 0 fully saturated rings. The molecule has 1 atom stereocenters. The van der Waals surface area contributed by atoms with E-state index in [0.29, 0.717) is 18.7 Å². The third-order valence-corrected chi connectivity index (χ3v) is 9.01. The normalized spacial score (nSPS) is 16.2. The Hall–Kier alpha value is -4.14. The van der Waals surface area contributed by atoms with Gasteiger partial charge < -0.3 is 15.6 Å². The monoisotopic (exact) mass is 539 g/mol. The number of aromatic amines is 1. The predicted molar refractivity (Wildman–Crippen MR) is 157 cm³/mol. The zero-order valence-corrected chi connectivity index (χ0v) is 22.6. The van der Waals surface area contributed by atoms with Crippen LogP contribution < -0.4 is 10.6 Å². The Kier molecular flexibility index (Phi) is 7.95. The van der Waals surface area contributed by atoms with E-state index in [9.17, 15) is 8.42 Å². The first kappa shape index (κ1) is 26.5. The molecule has 200 valence electrons. The number of aryl methyl sites for hydroxylation is 1. The summed E-state index contributed by atoms with van der Waals surface area (Å²) < 4.78 is 29.9. The minimum Gasteiger partial charge on any atom is -0.405 e. The molecule has 0 saturated carbocycles. The molecular formula is C31H33N5O2S. The van der Waals surface area contributed by atoms with Crippen molar-refractivity contribution in [2.24, 2.45) is 5.73 Å². The van der Waals surface area contributed by atoms with Gasteiger partial charge in [-0.2, -0.15) is 4.31 Å². The van der Waals surface area contributed by atoms with Gasteiger partial charge in [-0.15, -0.1) is 0 Å². The van der Waals surface area contributed by atoms with Crippen molar-refractivity contribution in [2.75, 3.05) is 11.4 Å². The number of nitrogens with two attached hydrogens (primary N) is 1. The zero-order chi connectivity index (χ0) is 27.2. The summed E-state index contributed by atoms with van der Waals surface area (Å²) in [4.78, 5) is 9.99. The molecule has 1 aliphatic heterocycles. The Morgan fingerprint density at radius 3 is 2.59 bits per heavy atom. The highest BCUT2D eigenvalue weighted by molar-refractivity contribution is 7.89. The summed E-state index contributed by atoms with van der Waals surface area (Å²) in [5.41, 5.74) is 11.4. The molecule has 1 unspecified atom stereocenters. The fourth-order valence-corrected chi connectivity index (χ4v) is 6.67. The lowest BCUT2D eigenvalue weighted by Crippen LogP contribution is -2.43. The Bertz CT molecular complexity index is 1550. The van der Waals surface area contributed by atoms with Gasteiger partial charge in [-0.3, -0.25) is 0 Å². The summed E-state index contributed by atoms with van der Waals surface area (Å²) >= 11 is 0. The van der Waals surface area contributed by atoms with Crippen LogP contribution in [0.15, 0.2) is 103 Å². The molecule has 2 heterocycles. The second-order valence-corrected chi connectivity index (χ2v) is 11.6. The van der Waals surface area contributed by atoms with Gasteiger partial charge in [-0.05, 0) is 65.6 Å². The van der Waals surface area contributed by atoms with Gasteiger partial charge in [0.05, 0.1) is 23.5 Å². The van der Waals surface area contributed by atoms with E-state index in [-0.39, 0.29) is 17.5 Å². The number of anilines is 1. The SMILES string of the molecule is C=Cc1ccc(S(=O)(=O)N2Cc3ccccc3N(Cc3cnc[nH]3)C(CCc3ccccc3)C2)cc1/C=C\N. The Balaban J connectivity index is 1.55. The highest BCUT2D eigenvalue weighted by Crippen LogP contribution is 2.34. The van der Waals surface area contributed by atoms with Gasteiger partial charge in [0.25, 0.3) is 0 Å². The Labute approximate surface area is 230 Å². The van der Waals surface area contributed by atoms with E-state index in [1.807, 2.05) is 42.6 Å². The smallest absolute Gasteiger partial charge is 0.243 e. The lowest BCUT2D eigenvalue weighted by Gasteiger charge is -2.34. The van der Waals surface area contributed by atoms with Crippen molar-refractivity contribution in [3.05, 3.63) is 126 Å². The second-order valence-electron chi connectivity index (χ2n) is 9.66. The lowest BCUT2D eigenvalue weighted by atomic mass is 10.0. The predicted octanol–water partition coefficient (Wildman–Crippen LogP) is 5.19. The molecule has 3 aromatic carbocycles. The van der Waals surface area contributed by atoms with Gasteiger partial charge in [0.1, 0.15) is 0 Å². The molecule has 0 amide bonds. The topological polar surface area (TPSA) is 95.3 Å². The molecule has 8 heteroatoms. The van der Waals surface area contributed by atoms with Crippen molar-refractivity contribution in [3.8, 4) is 0 Å². The molecule has 0 radical (unpaired) electrons. The third kappa shape index (κ3) is 5.82. The van der Waals surface area contributed by atoms with E-state index >= 15 is 0 Å². The summed E-state index contributed by atoms with van der Waals surface area (Å²) in [6, 6.07) is 23.4. The fourth-order valence-electron chi connectivity index (χ4n) is 5.18. The first-order valence-corrected chi connectivity index (χ1v) is 14.4. The summed E-state index contributed by atoms with van der Waals surface area (Å²) in [5.74, 6) is 0. The molecule has 0 saturated heterocycles. The minimum absolute atomic E-state index is 0.0669. The summed E-state index contributed by atoms with van der Waals surface area (Å²) in [7, 11) is -3.82. The minimum atomic E-state index is -3.82. The second kappa shape index (κ2) is 11.7. The summed E-state index contributed by atoms with van der Waals surface area (Å²) in [5, 5.41) is 0. The summed E-state index contributed by atoms with van der Waals surface area (Å²) in [6.07, 6.45) is 9.92. The largest absolute Gasteiger partial charge is 0.405 e. The number of para-hydroxylation sites is 1. The van der Waals surface area contributed by atoms with Gasteiger partial charge in [0.15, 0.2) is 0 Å². The average molecular weight is 540 g/mol. The van der Waals surface area contributed by atoms with E-state index in [1.54, 1.807) is 41.0 Å². The lowest BCUT2D eigenvalue weighted by molar-refractivity contribution is 0.370. The van der Waals surface area contributed by atoms with Gasteiger partial charge in [0, 0.05) is 31.0 Å². The molecule has 3 N–H and O–H groups in total. The number of nitrogens with zero attached hydrogens (tertiary/aromatic N) is 3. The highest BCUT2D eigenvalue weighted by Gasteiger charge is 2.34. The number of H-pyrrole nitrogens is 1. The number of fused-ring (bicyclic) bond motifs is 1. The molecule has 0 aliphatic carbocycles. The van der Waals surface area contributed by atoms with Crippen LogP contribution in [0.1, 0.15) is 34.4 Å². The van der Waals surface area contributed by atoms with Crippen LogP contribution in [0.3, 0.4) is 0 Å². The van der Waals surface area contributed by atoms with E-state index in [1.165, 1.54) is 11.8 Å². The zero-order valence-electron chi connectivity index (χ0n) is 21.8. The maximum Gasteiger partial charge on any atom is 0.243 e. The number of nitrogens with one attached hydrogen (secondary N) is 1. The number of sulfonamides is 1.